The van der Waals surface area contributed by atoms with Crippen molar-refractivity contribution in [1.82, 2.24) is 4.57 Å². The third-order valence-electron chi connectivity index (χ3n) is 17.4. The van der Waals surface area contributed by atoms with E-state index in [1.807, 2.05) is 0 Å². The zero-order chi connectivity index (χ0) is 48.5. The molecule has 2 aromatic heterocycles. The Morgan fingerprint density at radius 1 is 0.471 bits per heavy atom. The van der Waals surface area contributed by atoms with Crippen LogP contribution in [0.3, 0.4) is 0 Å². The summed E-state index contributed by atoms with van der Waals surface area (Å²) in [4.78, 5) is 2.70. The molecule has 344 valence electrons. The van der Waals surface area contributed by atoms with Gasteiger partial charge in [0.15, 0.2) is 0 Å². The minimum Gasteiger partial charge on any atom is -0.456 e. The molecule has 2 aliphatic carbocycles. The van der Waals surface area contributed by atoms with E-state index in [1.54, 1.807) is 0 Å². The van der Waals surface area contributed by atoms with Crippen LogP contribution in [0.5, 0.6) is 0 Å². The molecule has 14 rings (SSSR count). The summed E-state index contributed by atoms with van der Waals surface area (Å²) in [6.07, 6.45) is 0. The SMILES string of the molecule is CC(C)(C)c1ccc(N2B3c4cc5c(cc4-n4c6ccc(C(C)(C)C)cc6c6c7c(c(c3c64)-c3cc4c(cc32)oc2ccc(C(C)(C)C)cc24)-c2ccccc2C7(C)C)C(C)(C)c2ccccc2-5)cc1. The number of benzene rings is 8. The van der Waals surface area contributed by atoms with Gasteiger partial charge in [0, 0.05) is 61.1 Å². The van der Waals surface area contributed by atoms with Gasteiger partial charge in [-0.3, -0.25) is 0 Å². The van der Waals surface area contributed by atoms with Gasteiger partial charge >= 0.3 is 6.85 Å². The van der Waals surface area contributed by atoms with Crippen molar-refractivity contribution in [2.75, 3.05) is 4.81 Å². The van der Waals surface area contributed by atoms with Crippen LogP contribution < -0.4 is 15.7 Å². The van der Waals surface area contributed by atoms with Crippen LogP contribution in [0.15, 0.2) is 138 Å². The molecule has 8 aromatic carbocycles. The second-order valence-corrected chi connectivity index (χ2v) is 25.4. The number of rotatable bonds is 1. The van der Waals surface area contributed by atoms with E-state index in [-0.39, 0.29) is 33.9 Å². The van der Waals surface area contributed by atoms with Crippen LogP contribution in [0.25, 0.3) is 82.8 Å². The van der Waals surface area contributed by atoms with Gasteiger partial charge in [0.05, 0.1) is 11.0 Å². The Morgan fingerprint density at radius 3 is 1.76 bits per heavy atom. The van der Waals surface area contributed by atoms with Crippen molar-refractivity contribution in [1.29, 1.82) is 0 Å². The van der Waals surface area contributed by atoms with Gasteiger partial charge in [-0.15, -0.1) is 0 Å². The molecule has 0 atom stereocenters. The van der Waals surface area contributed by atoms with Crippen LogP contribution in [0, 0.1) is 0 Å². The zero-order valence-corrected chi connectivity index (χ0v) is 43.1. The Kier molecular flexibility index (Phi) is 7.91. The average molecular weight is 909 g/mol. The van der Waals surface area contributed by atoms with Crippen LogP contribution in [-0.2, 0) is 27.1 Å². The summed E-state index contributed by atoms with van der Waals surface area (Å²) < 4.78 is 9.71. The number of aromatic nitrogens is 1. The molecule has 10 aromatic rings. The van der Waals surface area contributed by atoms with Crippen LogP contribution >= 0.6 is 0 Å². The molecule has 4 aliphatic rings. The van der Waals surface area contributed by atoms with E-state index in [0.29, 0.717) is 0 Å². The zero-order valence-electron chi connectivity index (χ0n) is 43.1. The Bertz CT molecular complexity index is 4000. The van der Waals surface area contributed by atoms with E-state index in [4.69, 9.17) is 4.42 Å². The Morgan fingerprint density at radius 2 is 1.07 bits per heavy atom. The summed E-state index contributed by atoms with van der Waals surface area (Å²) >= 11 is 0. The number of hydrogen-bond donors (Lipinski definition) is 0. The minimum atomic E-state index is -0.275. The second-order valence-electron chi connectivity index (χ2n) is 25.4. The van der Waals surface area contributed by atoms with Gasteiger partial charge < -0.3 is 13.8 Å². The summed E-state index contributed by atoms with van der Waals surface area (Å²) in [6.45, 7) is 30.6. The summed E-state index contributed by atoms with van der Waals surface area (Å²) in [5, 5.41) is 5.07. The Labute approximate surface area is 413 Å². The number of anilines is 2. The number of fused-ring (bicyclic) bond motifs is 19. The summed E-state index contributed by atoms with van der Waals surface area (Å²) in [5.41, 5.74) is 28.0. The fourth-order valence-corrected chi connectivity index (χ4v) is 13.7. The molecule has 0 saturated carbocycles. The third-order valence-corrected chi connectivity index (χ3v) is 17.4. The van der Waals surface area contributed by atoms with Gasteiger partial charge in [-0.1, -0.05) is 169 Å². The predicted octanol–water partition coefficient (Wildman–Crippen LogP) is 16.4. The van der Waals surface area contributed by atoms with Crippen LogP contribution in [0.1, 0.15) is 129 Å². The Hall–Kier alpha value is -6.78. The lowest BCUT2D eigenvalue weighted by Crippen LogP contribution is -2.61. The molecule has 0 radical (unpaired) electrons. The molecular formula is C66H61BN2O. The number of nitrogens with zero attached hydrogens (tertiary/aromatic N) is 2. The van der Waals surface area contributed by atoms with Gasteiger partial charge in [-0.25, -0.2) is 0 Å². The maximum absolute atomic E-state index is 6.99. The molecule has 0 fully saturated rings. The first kappa shape index (κ1) is 42.1. The molecule has 0 amide bonds. The molecule has 0 spiro atoms. The van der Waals surface area contributed by atoms with Gasteiger partial charge in [0.1, 0.15) is 11.2 Å². The molecule has 2 aliphatic heterocycles. The summed E-state index contributed by atoms with van der Waals surface area (Å²) in [7, 11) is 0. The molecule has 0 bridgehead atoms. The minimum absolute atomic E-state index is 0.00915. The summed E-state index contributed by atoms with van der Waals surface area (Å²) in [5.74, 6) is 0. The maximum atomic E-state index is 6.99. The van der Waals surface area contributed by atoms with Crippen LogP contribution in [-0.4, -0.2) is 11.4 Å². The van der Waals surface area contributed by atoms with Crippen LogP contribution in [0.2, 0.25) is 0 Å². The molecule has 4 heterocycles. The van der Waals surface area contributed by atoms with E-state index in [0.717, 1.165) is 16.6 Å². The molecule has 0 saturated heterocycles. The van der Waals surface area contributed by atoms with E-state index in [2.05, 4.69) is 233 Å². The first-order chi connectivity index (χ1) is 33.1. The molecular weight excluding hydrogens is 848 g/mol. The van der Waals surface area contributed by atoms with E-state index in [9.17, 15) is 0 Å². The van der Waals surface area contributed by atoms with Crippen molar-refractivity contribution in [3.63, 3.8) is 0 Å². The summed E-state index contributed by atoms with van der Waals surface area (Å²) in [6, 6.07) is 52.4. The van der Waals surface area contributed by atoms with E-state index in [1.165, 1.54) is 128 Å². The lowest BCUT2D eigenvalue weighted by atomic mass is 9.43. The normalized spacial score (nSPS) is 16.0. The molecule has 70 heavy (non-hydrogen) atoms. The van der Waals surface area contributed by atoms with Crippen molar-refractivity contribution in [2.24, 2.45) is 0 Å². The highest BCUT2D eigenvalue weighted by atomic mass is 16.3. The average Bonchev–Trinajstić information content (AvgIpc) is 3.99. The van der Waals surface area contributed by atoms with Crippen molar-refractivity contribution < 1.29 is 4.42 Å². The first-order valence-electron chi connectivity index (χ1n) is 25.6. The smallest absolute Gasteiger partial charge is 0.333 e. The van der Waals surface area contributed by atoms with E-state index >= 15 is 0 Å². The van der Waals surface area contributed by atoms with Gasteiger partial charge in [0.25, 0.3) is 0 Å². The molecule has 3 nitrogen and oxygen atoms in total. The van der Waals surface area contributed by atoms with E-state index < -0.39 is 0 Å². The quantitative estimate of drug-likeness (QED) is 0.153. The third kappa shape index (κ3) is 5.27. The number of furan rings is 1. The maximum Gasteiger partial charge on any atom is 0.333 e. The van der Waals surface area contributed by atoms with Gasteiger partial charge in [-0.05, 0) is 142 Å². The standard InChI is InChI=1S/C66H61BN2O/c1-62(2,3)36-22-26-39(27-23-36)69-52-35-55-44(43-30-38(64(7,8)9)25-29-54(43)70-55)32-46(52)57-56-41-19-15-17-21-48(41)66(12,13)59(56)58-45-31-37(63(4,5)6)24-28-51(45)68-53-34-49-42(33-50(53)67(69)60(57)61(58)68)40-18-14-16-20-47(40)65(49,10)11/h14-35H,1-13H3. The van der Waals surface area contributed by atoms with Gasteiger partial charge in [-0.2, -0.15) is 0 Å². The fourth-order valence-electron chi connectivity index (χ4n) is 13.7. The first-order valence-corrected chi connectivity index (χ1v) is 25.6. The van der Waals surface area contributed by atoms with Gasteiger partial charge in [0.2, 0.25) is 0 Å². The van der Waals surface area contributed by atoms with Crippen molar-refractivity contribution >= 4 is 72.9 Å². The van der Waals surface area contributed by atoms with Crippen molar-refractivity contribution in [3.05, 3.63) is 172 Å². The molecule has 4 heteroatoms. The van der Waals surface area contributed by atoms with Crippen molar-refractivity contribution in [3.8, 4) is 39.1 Å². The lowest BCUT2D eigenvalue weighted by molar-refractivity contribution is 0.590. The monoisotopic (exact) mass is 908 g/mol. The highest BCUT2D eigenvalue weighted by Crippen LogP contribution is 2.60. The largest absolute Gasteiger partial charge is 0.456 e. The van der Waals surface area contributed by atoms with Crippen LogP contribution in [0.4, 0.5) is 11.4 Å². The molecule has 0 N–H and O–H groups in total. The molecule has 0 unspecified atom stereocenters. The highest BCUT2D eigenvalue weighted by Gasteiger charge is 2.51. The topological polar surface area (TPSA) is 21.3 Å². The second kappa shape index (κ2) is 13.1. The predicted molar refractivity (Wildman–Crippen MR) is 298 cm³/mol. The Balaban J connectivity index is 1.23. The fraction of sp³-hybridized carbons (Fsp3) is 0.273. The lowest BCUT2D eigenvalue weighted by Gasteiger charge is -2.43. The number of hydrogen-bond acceptors (Lipinski definition) is 2. The highest BCUT2D eigenvalue weighted by molar-refractivity contribution is 6.94. The van der Waals surface area contributed by atoms with Crippen molar-refractivity contribution in [2.45, 2.75) is 117 Å².